The first-order chi connectivity index (χ1) is 9.72. The summed E-state index contributed by atoms with van der Waals surface area (Å²) in [5.74, 6) is -0.931. The zero-order chi connectivity index (χ0) is 16.0. The molecule has 0 bridgehead atoms. The van der Waals surface area contributed by atoms with Crippen molar-refractivity contribution < 1.29 is 14.7 Å². The molecule has 1 aromatic carbocycles. The maximum Gasteiger partial charge on any atom is 0.319 e. The monoisotopic (exact) mass is 310 g/mol. The number of amides is 2. The van der Waals surface area contributed by atoms with Crippen molar-refractivity contribution in [3.05, 3.63) is 24.3 Å². The third-order valence-corrected chi connectivity index (χ3v) is 3.78. The van der Waals surface area contributed by atoms with Crippen molar-refractivity contribution in [1.82, 2.24) is 5.32 Å². The zero-order valence-corrected chi connectivity index (χ0v) is 13.6. The van der Waals surface area contributed by atoms with Crippen molar-refractivity contribution >= 4 is 29.4 Å². The van der Waals surface area contributed by atoms with Gasteiger partial charge in [-0.25, -0.2) is 4.79 Å². The van der Waals surface area contributed by atoms with Crippen LogP contribution >= 0.6 is 11.8 Å². The minimum atomic E-state index is -0.931. The quantitative estimate of drug-likeness (QED) is 0.728. The molecule has 116 valence electrons. The molecule has 0 saturated carbocycles. The molecule has 0 aliphatic carbocycles. The van der Waals surface area contributed by atoms with E-state index in [2.05, 4.69) is 10.6 Å². The van der Waals surface area contributed by atoms with Gasteiger partial charge in [0.1, 0.15) is 0 Å². The Labute approximate surface area is 129 Å². The van der Waals surface area contributed by atoms with Crippen LogP contribution in [0, 0.1) is 5.41 Å². The number of carboxylic acid groups (broad SMARTS) is 1. The first-order valence-corrected chi connectivity index (χ1v) is 7.88. The van der Waals surface area contributed by atoms with Gasteiger partial charge in [0.15, 0.2) is 0 Å². The molecule has 0 heterocycles. The largest absolute Gasteiger partial charge is 0.481 e. The van der Waals surface area contributed by atoms with Gasteiger partial charge in [0.25, 0.3) is 0 Å². The normalized spacial score (nSPS) is 12.6. The number of hydrogen-bond donors (Lipinski definition) is 3. The van der Waals surface area contributed by atoms with Crippen LogP contribution in [0.25, 0.3) is 0 Å². The molecule has 21 heavy (non-hydrogen) atoms. The number of nitrogens with one attached hydrogen (secondary N) is 2. The maximum atomic E-state index is 12.0. The van der Waals surface area contributed by atoms with Crippen LogP contribution in [0.3, 0.4) is 0 Å². The fourth-order valence-corrected chi connectivity index (χ4v) is 2.23. The topological polar surface area (TPSA) is 78.4 Å². The number of urea groups is 1. The highest BCUT2D eigenvalue weighted by molar-refractivity contribution is 7.98. The zero-order valence-electron chi connectivity index (χ0n) is 12.8. The summed E-state index contributed by atoms with van der Waals surface area (Å²) in [4.78, 5) is 24.0. The summed E-state index contributed by atoms with van der Waals surface area (Å²) in [7, 11) is 0. The van der Waals surface area contributed by atoms with Crippen molar-refractivity contribution in [2.45, 2.75) is 38.1 Å². The number of aliphatic carboxylic acids is 1. The smallest absolute Gasteiger partial charge is 0.319 e. The molecule has 3 N–H and O–H groups in total. The Balaban J connectivity index is 2.71. The summed E-state index contributed by atoms with van der Waals surface area (Å²) in [5.41, 5.74) is 0.346. The highest BCUT2D eigenvalue weighted by atomic mass is 32.2. The van der Waals surface area contributed by atoms with Crippen LogP contribution in [-0.4, -0.2) is 29.4 Å². The maximum absolute atomic E-state index is 12.0. The average molecular weight is 310 g/mol. The van der Waals surface area contributed by atoms with Crippen molar-refractivity contribution in [3.63, 3.8) is 0 Å². The van der Waals surface area contributed by atoms with Gasteiger partial charge in [-0.2, -0.15) is 0 Å². The van der Waals surface area contributed by atoms with Gasteiger partial charge < -0.3 is 15.7 Å². The van der Waals surface area contributed by atoms with Crippen LogP contribution in [0.15, 0.2) is 29.2 Å². The SMILES string of the molecule is CSc1cccc(NC(=O)NC(CC(=O)O)C(C)(C)C)c1. The lowest BCUT2D eigenvalue weighted by molar-refractivity contribution is -0.138. The Morgan fingerprint density at radius 1 is 1.33 bits per heavy atom. The van der Waals surface area contributed by atoms with E-state index in [1.54, 1.807) is 17.8 Å². The van der Waals surface area contributed by atoms with Crippen LogP contribution in [-0.2, 0) is 4.79 Å². The second kappa shape index (κ2) is 7.36. The number of anilines is 1. The molecular formula is C15H22N2O3S. The molecule has 0 spiro atoms. The predicted molar refractivity (Wildman–Crippen MR) is 85.9 cm³/mol. The van der Waals surface area contributed by atoms with Crippen LogP contribution < -0.4 is 10.6 Å². The molecule has 0 aromatic heterocycles. The van der Waals surface area contributed by atoms with E-state index in [1.165, 1.54) is 0 Å². The van der Waals surface area contributed by atoms with Crippen LogP contribution in [0.4, 0.5) is 10.5 Å². The fraction of sp³-hybridized carbons (Fsp3) is 0.467. The van der Waals surface area contributed by atoms with Crippen LogP contribution in [0.2, 0.25) is 0 Å². The molecule has 2 amide bonds. The van der Waals surface area contributed by atoms with Gasteiger partial charge in [-0.3, -0.25) is 4.79 Å². The number of carboxylic acids is 1. The Morgan fingerprint density at radius 2 is 2.00 bits per heavy atom. The number of carbonyl (C=O) groups is 2. The molecule has 1 rings (SSSR count). The lowest BCUT2D eigenvalue weighted by atomic mass is 9.85. The molecule has 0 saturated heterocycles. The first kappa shape index (κ1) is 17.4. The molecule has 5 nitrogen and oxygen atoms in total. The van der Waals surface area contributed by atoms with Gasteiger partial charge in [0.05, 0.1) is 6.42 Å². The van der Waals surface area contributed by atoms with Crippen LogP contribution in [0.5, 0.6) is 0 Å². The second-order valence-corrected chi connectivity index (χ2v) is 6.73. The van der Waals surface area contributed by atoms with E-state index < -0.39 is 18.0 Å². The Morgan fingerprint density at radius 3 is 2.52 bits per heavy atom. The standard InChI is InChI=1S/C15H22N2O3S/c1-15(2,3)12(9-13(18)19)17-14(20)16-10-6-5-7-11(8-10)21-4/h5-8,12H,9H2,1-4H3,(H,18,19)(H2,16,17,20). The minimum absolute atomic E-state index is 0.109. The summed E-state index contributed by atoms with van der Waals surface area (Å²) >= 11 is 1.59. The number of thioether (sulfide) groups is 1. The van der Waals surface area contributed by atoms with Gasteiger partial charge in [0, 0.05) is 16.6 Å². The average Bonchev–Trinajstić information content (AvgIpc) is 2.36. The van der Waals surface area contributed by atoms with Gasteiger partial charge in [0.2, 0.25) is 0 Å². The minimum Gasteiger partial charge on any atom is -0.481 e. The summed E-state index contributed by atoms with van der Waals surface area (Å²) in [6, 6.07) is 6.64. The highest BCUT2D eigenvalue weighted by Crippen LogP contribution is 2.22. The molecule has 1 aromatic rings. The van der Waals surface area contributed by atoms with Gasteiger partial charge >= 0.3 is 12.0 Å². The highest BCUT2D eigenvalue weighted by Gasteiger charge is 2.28. The lowest BCUT2D eigenvalue weighted by Crippen LogP contribution is -2.46. The third-order valence-electron chi connectivity index (χ3n) is 3.06. The predicted octanol–water partition coefficient (Wildman–Crippen LogP) is 3.42. The number of carbonyl (C=O) groups excluding carboxylic acids is 1. The van der Waals surface area contributed by atoms with Crippen molar-refractivity contribution in [2.75, 3.05) is 11.6 Å². The summed E-state index contributed by atoms with van der Waals surface area (Å²) in [6.45, 7) is 5.69. The molecule has 0 aliphatic rings. The van der Waals surface area contributed by atoms with Crippen molar-refractivity contribution in [1.29, 1.82) is 0 Å². The van der Waals surface area contributed by atoms with E-state index >= 15 is 0 Å². The van der Waals surface area contributed by atoms with E-state index in [-0.39, 0.29) is 11.8 Å². The molecule has 0 radical (unpaired) electrons. The van der Waals surface area contributed by atoms with E-state index in [1.807, 2.05) is 45.2 Å². The molecule has 0 aliphatic heterocycles. The second-order valence-electron chi connectivity index (χ2n) is 5.85. The third kappa shape index (κ3) is 6.08. The van der Waals surface area contributed by atoms with E-state index in [9.17, 15) is 9.59 Å². The van der Waals surface area contributed by atoms with E-state index in [0.29, 0.717) is 5.69 Å². The molecule has 1 unspecified atom stereocenters. The number of rotatable bonds is 5. The lowest BCUT2D eigenvalue weighted by Gasteiger charge is -2.30. The van der Waals surface area contributed by atoms with Crippen molar-refractivity contribution in [3.8, 4) is 0 Å². The molecular weight excluding hydrogens is 288 g/mol. The Hall–Kier alpha value is -1.69. The molecule has 0 fully saturated rings. The van der Waals surface area contributed by atoms with Gasteiger partial charge in [-0.15, -0.1) is 11.8 Å². The summed E-state index contributed by atoms with van der Waals surface area (Å²) < 4.78 is 0. The van der Waals surface area contributed by atoms with E-state index in [0.717, 1.165) is 4.90 Å². The number of benzene rings is 1. The molecule has 1 atom stereocenters. The summed E-state index contributed by atoms with van der Waals surface area (Å²) in [6.07, 6.45) is 1.85. The summed E-state index contributed by atoms with van der Waals surface area (Å²) in [5, 5.41) is 14.4. The fourth-order valence-electron chi connectivity index (χ4n) is 1.77. The van der Waals surface area contributed by atoms with Gasteiger partial charge in [-0.05, 0) is 29.9 Å². The van der Waals surface area contributed by atoms with Crippen molar-refractivity contribution in [2.24, 2.45) is 5.41 Å². The molecule has 6 heteroatoms. The first-order valence-electron chi connectivity index (χ1n) is 6.65. The Kier molecular flexibility index (Phi) is 6.08. The Bertz CT molecular complexity index is 512. The number of hydrogen-bond acceptors (Lipinski definition) is 3. The van der Waals surface area contributed by atoms with E-state index in [4.69, 9.17) is 5.11 Å². The van der Waals surface area contributed by atoms with Gasteiger partial charge in [-0.1, -0.05) is 26.8 Å². The van der Waals surface area contributed by atoms with Crippen LogP contribution in [0.1, 0.15) is 27.2 Å².